The standard InChI is InChI=1S/C13H16N6O/c1-2-9(1)12-17-11(18-20-12)10-3-4-15-13(16-10)19-7-5-14-6-8-19/h3-4,9,14H,1-2,5-8H2. The summed E-state index contributed by atoms with van der Waals surface area (Å²) < 4.78 is 5.28. The van der Waals surface area contributed by atoms with Crippen molar-refractivity contribution in [1.82, 2.24) is 25.4 Å². The molecule has 1 N–H and O–H groups in total. The third kappa shape index (κ3) is 2.24. The first-order valence-corrected chi connectivity index (χ1v) is 7.03. The Morgan fingerprint density at radius 2 is 2.05 bits per heavy atom. The lowest BCUT2D eigenvalue weighted by atomic mass is 10.3. The molecule has 2 aliphatic rings. The fourth-order valence-corrected chi connectivity index (χ4v) is 2.33. The first-order valence-electron chi connectivity index (χ1n) is 7.03. The minimum absolute atomic E-state index is 0.464. The van der Waals surface area contributed by atoms with Gasteiger partial charge in [0.15, 0.2) is 0 Å². The van der Waals surface area contributed by atoms with E-state index in [0.29, 0.717) is 11.7 Å². The summed E-state index contributed by atoms with van der Waals surface area (Å²) in [6.07, 6.45) is 4.06. The lowest BCUT2D eigenvalue weighted by Gasteiger charge is -2.27. The number of anilines is 1. The van der Waals surface area contributed by atoms with Gasteiger partial charge in [0.1, 0.15) is 5.69 Å². The molecule has 7 heteroatoms. The zero-order chi connectivity index (χ0) is 13.4. The van der Waals surface area contributed by atoms with Crippen LogP contribution in [0.1, 0.15) is 24.7 Å². The van der Waals surface area contributed by atoms with Crippen LogP contribution < -0.4 is 10.2 Å². The largest absolute Gasteiger partial charge is 0.339 e. The van der Waals surface area contributed by atoms with Crippen molar-refractivity contribution in [1.29, 1.82) is 0 Å². The zero-order valence-electron chi connectivity index (χ0n) is 11.1. The normalized spacial score (nSPS) is 19.3. The van der Waals surface area contributed by atoms with Gasteiger partial charge in [-0.3, -0.25) is 0 Å². The Morgan fingerprint density at radius 3 is 2.85 bits per heavy atom. The molecule has 0 bridgehead atoms. The molecule has 0 amide bonds. The molecular weight excluding hydrogens is 256 g/mol. The van der Waals surface area contributed by atoms with Gasteiger partial charge in [-0.15, -0.1) is 0 Å². The van der Waals surface area contributed by atoms with E-state index in [0.717, 1.165) is 56.6 Å². The molecule has 3 heterocycles. The van der Waals surface area contributed by atoms with E-state index in [1.54, 1.807) is 6.20 Å². The highest BCUT2D eigenvalue weighted by Crippen LogP contribution is 2.39. The number of piperazine rings is 1. The van der Waals surface area contributed by atoms with E-state index in [1.165, 1.54) is 0 Å². The Hall–Kier alpha value is -2.02. The van der Waals surface area contributed by atoms with E-state index in [9.17, 15) is 0 Å². The van der Waals surface area contributed by atoms with Gasteiger partial charge in [-0.05, 0) is 18.9 Å². The summed E-state index contributed by atoms with van der Waals surface area (Å²) in [5.41, 5.74) is 0.726. The van der Waals surface area contributed by atoms with Gasteiger partial charge in [0, 0.05) is 38.3 Å². The molecule has 7 nitrogen and oxygen atoms in total. The first kappa shape index (κ1) is 11.8. The Bertz CT molecular complexity index is 602. The van der Waals surface area contributed by atoms with Crippen molar-refractivity contribution in [2.45, 2.75) is 18.8 Å². The van der Waals surface area contributed by atoms with Crippen molar-refractivity contribution in [2.75, 3.05) is 31.1 Å². The minimum Gasteiger partial charge on any atom is -0.339 e. The first-order chi connectivity index (χ1) is 9.90. The monoisotopic (exact) mass is 272 g/mol. The second-order valence-electron chi connectivity index (χ2n) is 5.21. The van der Waals surface area contributed by atoms with Crippen LogP contribution in [0.2, 0.25) is 0 Å². The number of nitrogens with one attached hydrogen (secondary N) is 1. The molecule has 2 aromatic heterocycles. The Kier molecular flexibility index (Phi) is 2.84. The SMILES string of the molecule is c1cc(-c2noc(C3CC3)n2)nc(N2CCNCC2)n1. The maximum atomic E-state index is 5.28. The summed E-state index contributed by atoms with van der Waals surface area (Å²) in [6.45, 7) is 3.76. The fraction of sp³-hybridized carbons (Fsp3) is 0.538. The second kappa shape index (κ2) is 4.82. The van der Waals surface area contributed by atoms with E-state index in [1.807, 2.05) is 6.07 Å². The Morgan fingerprint density at radius 1 is 1.20 bits per heavy atom. The molecule has 0 radical (unpaired) electrons. The maximum absolute atomic E-state index is 5.28. The number of aromatic nitrogens is 4. The molecule has 104 valence electrons. The van der Waals surface area contributed by atoms with Crippen LogP contribution in [0.5, 0.6) is 0 Å². The highest BCUT2D eigenvalue weighted by Gasteiger charge is 2.30. The van der Waals surface area contributed by atoms with Gasteiger partial charge < -0.3 is 14.7 Å². The zero-order valence-corrected chi connectivity index (χ0v) is 11.1. The fourth-order valence-electron chi connectivity index (χ4n) is 2.33. The summed E-state index contributed by atoms with van der Waals surface area (Å²) in [6, 6.07) is 1.83. The maximum Gasteiger partial charge on any atom is 0.230 e. The van der Waals surface area contributed by atoms with E-state index in [2.05, 4.69) is 30.3 Å². The third-order valence-corrected chi connectivity index (χ3v) is 3.64. The molecule has 0 atom stereocenters. The molecular formula is C13H16N6O. The molecule has 1 saturated heterocycles. The molecule has 0 aromatic carbocycles. The van der Waals surface area contributed by atoms with Gasteiger partial charge in [-0.2, -0.15) is 4.98 Å². The van der Waals surface area contributed by atoms with Gasteiger partial charge in [-0.1, -0.05) is 5.16 Å². The summed E-state index contributed by atoms with van der Waals surface area (Å²) >= 11 is 0. The number of nitrogens with zero attached hydrogens (tertiary/aromatic N) is 5. The average Bonchev–Trinajstić information content (AvgIpc) is 3.26. The van der Waals surface area contributed by atoms with Crippen molar-refractivity contribution in [3.8, 4) is 11.5 Å². The van der Waals surface area contributed by atoms with Crippen LogP contribution in [-0.2, 0) is 0 Å². The molecule has 0 unspecified atom stereocenters. The lowest BCUT2D eigenvalue weighted by molar-refractivity contribution is 0.380. The molecule has 4 rings (SSSR count). The van der Waals surface area contributed by atoms with Gasteiger partial charge in [0.05, 0.1) is 0 Å². The van der Waals surface area contributed by atoms with Crippen molar-refractivity contribution >= 4 is 5.95 Å². The molecule has 1 aliphatic carbocycles. The predicted molar refractivity (Wildman–Crippen MR) is 72.4 cm³/mol. The quantitative estimate of drug-likeness (QED) is 0.885. The van der Waals surface area contributed by atoms with Crippen LogP contribution in [-0.4, -0.2) is 46.3 Å². The molecule has 1 saturated carbocycles. The van der Waals surface area contributed by atoms with Gasteiger partial charge in [0.2, 0.25) is 17.7 Å². The average molecular weight is 272 g/mol. The smallest absolute Gasteiger partial charge is 0.230 e. The molecule has 2 fully saturated rings. The molecule has 2 aromatic rings. The van der Waals surface area contributed by atoms with Crippen molar-refractivity contribution in [2.24, 2.45) is 0 Å². The van der Waals surface area contributed by atoms with Crippen LogP contribution in [0.15, 0.2) is 16.8 Å². The second-order valence-corrected chi connectivity index (χ2v) is 5.21. The van der Waals surface area contributed by atoms with Gasteiger partial charge in [-0.25, -0.2) is 9.97 Å². The van der Waals surface area contributed by atoms with E-state index >= 15 is 0 Å². The molecule has 0 spiro atoms. The summed E-state index contributed by atoms with van der Waals surface area (Å²) in [4.78, 5) is 15.5. The minimum atomic E-state index is 0.464. The molecule has 20 heavy (non-hydrogen) atoms. The third-order valence-electron chi connectivity index (χ3n) is 3.64. The number of rotatable bonds is 3. The predicted octanol–water partition coefficient (Wildman–Crippen LogP) is 0.814. The van der Waals surface area contributed by atoms with E-state index < -0.39 is 0 Å². The highest BCUT2D eigenvalue weighted by molar-refractivity contribution is 5.50. The van der Waals surface area contributed by atoms with Crippen molar-refractivity contribution in [3.05, 3.63) is 18.2 Å². The molecule has 1 aliphatic heterocycles. The van der Waals surface area contributed by atoms with E-state index in [-0.39, 0.29) is 0 Å². The van der Waals surface area contributed by atoms with Crippen LogP contribution in [0.3, 0.4) is 0 Å². The Labute approximate surface area is 116 Å². The van der Waals surface area contributed by atoms with Crippen molar-refractivity contribution < 1.29 is 4.52 Å². The summed E-state index contributed by atoms with van der Waals surface area (Å²) in [5.74, 6) is 2.50. The Balaban J connectivity index is 1.60. The van der Waals surface area contributed by atoms with Crippen LogP contribution >= 0.6 is 0 Å². The highest BCUT2D eigenvalue weighted by atomic mass is 16.5. The summed E-state index contributed by atoms with van der Waals surface area (Å²) in [7, 11) is 0. The van der Waals surface area contributed by atoms with Gasteiger partial charge in [0.25, 0.3) is 0 Å². The van der Waals surface area contributed by atoms with Crippen LogP contribution in [0.25, 0.3) is 11.5 Å². The number of hydrogen-bond acceptors (Lipinski definition) is 7. The van der Waals surface area contributed by atoms with E-state index in [4.69, 9.17) is 4.52 Å². The summed E-state index contributed by atoms with van der Waals surface area (Å²) in [5, 5.41) is 7.34. The lowest BCUT2D eigenvalue weighted by Crippen LogP contribution is -2.44. The number of hydrogen-bond donors (Lipinski definition) is 1. The topological polar surface area (TPSA) is 80.0 Å². The van der Waals surface area contributed by atoms with Crippen LogP contribution in [0.4, 0.5) is 5.95 Å². The van der Waals surface area contributed by atoms with Crippen molar-refractivity contribution in [3.63, 3.8) is 0 Å². The van der Waals surface area contributed by atoms with Crippen LogP contribution in [0, 0.1) is 0 Å². The van der Waals surface area contributed by atoms with Gasteiger partial charge >= 0.3 is 0 Å².